The quantitative estimate of drug-likeness (QED) is 0.333. The van der Waals surface area contributed by atoms with Crippen LogP contribution in [0.15, 0.2) is 18.2 Å². The number of aromatic nitrogens is 3. The van der Waals surface area contributed by atoms with E-state index in [0.29, 0.717) is 10.7 Å². The van der Waals surface area contributed by atoms with E-state index < -0.39 is 18.4 Å². The Balaban J connectivity index is 2.49. The van der Waals surface area contributed by atoms with Crippen LogP contribution in [0.3, 0.4) is 0 Å². The molecule has 0 amide bonds. The van der Waals surface area contributed by atoms with Gasteiger partial charge in [0.25, 0.3) is 0 Å². The first-order valence-corrected chi connectivity index (χ1v) is 18.2. The van der Waals surface area contributed by atoms with E-state index in [2.05, 4.69) is 32.9 Å². The molecule has 1 aromatic heterocycles. The van der Waals surface area contributed by atoms with Gasteiger partial charge in [-0.15, -0.1) is 0 Å². The molecule has 2 rings (SSSR count). The van der Waals surface area contributed by atoms with Crippen molar-refractivity contribution in [3.8, 4) is 5.69 Å². The second-order valence-corrected chi connectivity index (χ2v) is 21.0. The molecule has 0 aliphatic heterocycles. The van der Waals surface area contributed by atoms with Crippen molar-refractivity contribution in [1.82, 2.24) is 15.0 Å². The van der Waals surface area contributed by atoms with E-state index in [-0.39, 0.29) is 5.82 Å². The molecule has 1 aromatic carbocycles. The van der Waals surface area contributed by atoms with E-state index in [1.54, 1.807) is 16.8 Å². The summed E-state index contributed by atoms with van der Waals surface area (Å²) in [6.45, 7) is 8.87. The zero-order valence-corrected chi connectivity index (χ0v) is 20.8. The van der Waals surface area contributed by atoms with Crippen LogP contribution in [0.1, 0.15) is 65.0 Å². The minimum absolute atomic E-state index is 0.349. The summed E-state index contributed by atoms with van der Waals surface area (Å²) in [5, 5.41) is 9.50. The predicted molar refractivity (Wildman–Crippen MR) is 116 cm³/mol. The summed E-state index contributed by atoms with van der Waals surface area (Å²) in [5.74, 6) is -0.349. The van der Waals surface area contributed by atoms with Crippen LogP contribution in [0.2, 0.25) is 18.3 Å². The number of benzene rings is 1. The van der Waals surface area contributed by atoms with Gasteiger partial charge in [0.05, 0.1) is 0 Å². The Morgan fingerprint density at radius 1 is 1.00 bits per heavy atom. The van der Waals surface area contributed by atoms with Crippen molar-refractivity contribution in [3.63, 3.8) is 0 Å². The van der Waals surface area contributed by atoms with Gasteiger partial charge in [0.2, 0.25) is 0 Å². The Morgan fingerprint density at radius 2 is 1.56 bits per heavy atom. The van der Waals surface area contributed by atoms with Gasteiger partial charge in [-0.05, 0) is 0 Å². The number of nitrogens with zero attached hydrogens (tertiary/aromatic N) is 3. The Labute approximate surface area is 172 Å². The van der Waals surface area contributed by atoms with Crippen LogP contribution in [-0.4, -0.2) is 33.4 Å². The molecular weight excluding hydrogens is 467 g/mol. The van der Waals surface area contributed by atoms with Crippen LogP contribution in [0.5, 0.6) is 0 Å². The van der Waals surface area contributed by atoms with E-state index in [9.17, 15) is 4.39 Å². The molecule has 0 fully saturated rings. The molecule has 0 aliphatic carbocycles. The zero-order chi connectivity index (χ0) is 19.9. The fourth-order valence-corrected chi connectivity index (χ4v) is 20.4. The van der Waals surface area contributed by atoms with E-state index in [4.69, 9.17) is 16.7 Å². The molecule has 0 atom stereocenters. The van der Waals surface area contributed by atoms with Crippen LogP contribution in [-0.2, 0) is 0 Å². The van der Waals surface area contributed by atoms with Crippen molar-refractivity contribution in [2.75, 3.05) is 0 Å². The molecule has 0 bridgehead atoms. The third kappa shape index (κ3) is 5.47. The third-order valence-electron chi connectivity index (χ3n) is 5.56. The van der Waals surface area contributed by atoms with Gasteiger partial charge in [-0.2, -0.15) is 0 Å². The van der Waals surface area contributed by atoms with Crippen LogP contribution >= 0.6 is 11.6 Å². The normalized spacial score (nSPS) is 11.9. The summed E-state index contributed by atoms with van der Waals surface area (Å²) >= 11 is 3.24. The van der Waals surface area contributed by atoms with Crippen molar-refractivity contribution in [2.24, 2.45) is 0 Å². The number of rotatable bonds is 11. The first-order chi connectivity index (χ1) is 13.0. The average Bonchev–Trinajstić information content (AvgIpc) is 3.03. The molecule has 0 spiro atoms. The number of unbranched alkanes of at least 4 members (excludes halogenated alkanes) is 3. The molecular formula is C21H33ClFN3Sn. The van der Waals surface area contributed by atoms with Crippen molar-refractivity contribution in [1.29, 1.82) is 0 Å². The molecule has 0 N–H and O–H groups in total. The monoisotopic (exact) mass is 501 g/mol. The first-order valence-electron chi connectivity index (χ1n) is 10.4. The van der Waals surface area contributed by atoms with Gasteiger partial charge in [-0.1, -0.05) is 0 Å². The van der Waals surface area contributed by atoms with Crippen LogP contribution < -0.4 is 3.71 Å². The SMILES string of the molecule is CCC[CH2][Sn]([CH2]CCC)([CH2]CCC)[c]1nnn(-c2ccc(Cl)cc2F)c1C. The summed E-state index contributed by atoms with van der Waals surface area (Å²) in [6, 6.07) is 4.76. The molecule has 1 heterocycles. The standard InChI is InChI=1S/C9H6ClFN3.3C4H9.Sn/c1-6-5-12-13-14(6)9-3-2-7(10)4-8(9)11;3*1-3-4-2;/h2-4H,1H3;3*1,3-4H2,2H3;. The van der Waals surface area contributed by atoms with E-state index in [1.807, 2.05) is 0 Å². The molecule has 2 aromatic rings. The first kappa shape index (κ1) is 22.7. The molecule has 3 nitrogen and oxygen atoms in total. The second kappa shape index (κ2) is 10.8. The van der Waals surface area contributed by atoms with Gasteiger partial charge in [0, 0.05) is 0 Å². The average molecular weight is 501 g/mol. The fraction of sp³-hybridized carbons (Fsp3) is 0.619. The maximum atomic E-state index is 14.5. The number of hydrogen-bond donors (Lipinski definition) is 0. The Kier molecular flexibility index (Phi) is 9.06. The summed E-state index contributed by atoms with van der Waals surface area (Å²) in [5.41, 5.74) is 1.48. The van der Waals surface area contributed by atoms with Crippen LogP contribution in [0.4, 0.5) is 4.39 Å². The van der Waals surface area contributed by atoms with Gasteiger partial charge in [0.1, 0.15) is 0 Å². The topological polar surface area (TPSA) is 30.7 Å². The zero-order valence-electron chi connectivity index (χ0n) is 17.2. The van der Waals surface area contributed by atoms with Crippen LogP contribution in [0.25, 0.3) is 5.69 Å². The van der Waals surface area contributed by atoms with Gasteiger partial charge in [0.15, 0.2) is 0 Å². The van der Waals surface area contributed by atoms with Gasteiger partial charge in [-0.25, -0.2) is 0 Å². The molecule has 6 heteroatoms. The van der Waals surface area contributed by atoms with Gasteiger partial charge < -0.3 is 0 Å². The van der Waals surface area contributed by atoms with Crippen molar-refractivity contribution in [2.45, 2.75) is 79.5 Å². The van der Waals surface area contributed by atoms with E-state index in [0.717, 1.165) is 5.69 Å². The number of hydrogen-bond acceptors (Lipinski definition) is 2. The van der Waals surface area contributed by atoms with E-state index in [1.165, 1.54) is 61.6 Å². The molecule has 0 unspecified atom stereocenters. The maximum absolute atomic E-state index is 14.5. The Hall–Kier alpha value is -0.621. The third-order valence-corrected chi connectivity index (χ3v) is 21.2. The predicted octanol–water partition coefficient (Wildman–Crippen LogP) is 6.42. The molecule has 150 valence electrons. The Bertz CT molecular complexity index is 710. The summed E-state index contributed by atoms with van der Waals surface area (Å²) in [6.07, 6.45) is 7.46. The fourth-order valence-electron chi connectivity index (χ4n) is 3.98. The summed E-state index contributed by atoms with van der Waals surface area (Å²) in [4.78, 5) is 0. The van der Waals surface area contributed by atoms with Crippen molar-refractivity contribution in [3.05, 3.63) is 34.7 Å². The second-order valence-electron chi connectivity index (χ2n) is 7.62. The van der Waals surface area contributed by atoms with Gasteiger partial charge in [-0.3, -0.25) is 0 Å². The summed E-state index contributed by atoms with van der Waals surface area (Å²) < 4.78 is 21.4. The Morgan fingerprint density at radius 3 is 2.04 bits per heavy atom. The van der Waals surface area contributed by atoms with Crippen LogP contribution in [0, 0.1) is 12.7 Å². The summed E-state index contributed by atoms with van der Waals surface area (Å²) in [7, 11) is 0. The number of halogens is 2. The van der Waals surface area contributed by atoms with Crippen molar-refractivity contribution >= 4 is 33.7 Å². The molecule has 0 radical (unpaired) electrons. The van der Waals surface area contributed by atoms with E-state index >= 15 is 0 Å². The molecule has 0 saturated carbocycles. The van der Waals surface area contributed by atoms with Gasteiger partial charge >= 0.3 is 173 Å². The molecule has 0 aliphatic rings. The molecule has 0 saturated heterocycles. The van der Waals surface area contributed by atoms with Crippen molar-refractivity contribution < 1.29 is 4.39 Å². The minimum atomic E-state index is -2.68. The molecule has 27 heavy (non-hydrogen) atoms.